The lowest BCUT2D eigenvalue weighted by Crippen LogP contribution is -2.65. The van der Waals surface area contributed by atoms with E-state index >= 15 is 0 Å². The quantitative estimate of drug-likeness (QED) is 0.668. The van der Waals surface area contributed by atoms with Gasteiger partial charge in [0, 0.05) is 19.1 Å². The zero-order valence-electron chi connectivity index (χ0n) is 8.20. The Morgan fingerprint density at radius 3 is 2.57 bits per heavy atom. The highest BCUT2D eigenvalue weighted by Gasteiger charge is 2.34. The summed E-state index contributed by atoms with van der Waals surface area (Å²) in [4.78, 5) is 13.2. The van der Waals surface area contributed by atoms with E-state index in [9.17, 15) is 4.79 Å². The third kappa shape index (κ3) is 2.02. The lowest BCUT2D eigenvalue weighted by atomic mass is 10.1. The Labute approximate surface area is 88.5 Å². The number of alkyl halides is 1. The van der Waals surface area contributed by atoms with Crippen LogP contribution in [0.2, 0.25) is 0 Å². The highest BCUT2D eigenvalue weighted by molar-refractivity contribution is 6.30. The van der Waals surface area contributed by atoms with Crippen LogP contribution >= 0.6 is 11.6 Å². The van der Waals surface area contributed by atoms with Gasteiger partial charge in [0.15, 0.2) is 0 Å². The van der Waals surface area contributed by atoms with Crippen molar-refractivity contribution in [3.8, 4) is 0 Å². The third-order valence-electron chi connectivity index (χ3n) is 2.64. The second-order valence-corrected chi connectivity index (χ2v) is 4.61. The molecule has 2 rings (SSSR count). The molecule has 0 spiro atoms. The van der Waals surface area contributed by atoms with Crippen LogP contribution in [0.5, 0.6) is 0 Å². The largest absolute Gasteiger partial charge is 0.378 e. The molecule has 0 aromatic rings. The molecule has 14 heavy (non-hydrogen) atoms. The van der Waals surface area contributed by atoms with Crippen molar-refractivity contribution in [2.75, 3.05) is 26.3 Å². The topological polar surface area (TPSA) is 41.6 Å². The maximum absolute atomic E-state index is 11.4. The number of nitrogens with zero attached hydrogens (tertiary/aromatic N) is 1. The fraction of sp³-hybridized carbons (Fsp3) is 0.889. The molecule has 0 saturated carbocycles. The van der Waals surface area contributed by atoms with Crippen molar-refractivity contribution >= 4 is 17.5 Å². The summed E-state index contributed by atoms with van der Waals surface area (Å²) in [6.07, 6.45) is 0. The van der Waals surface area contributed by atoms with Crippen molar-refractivity contribution in [1.29, 1.82) is 0 Å². The Hall–Kier alpha value is -0.320. The van der Waals surface area contributed by atoms with Crippen LogP contribution in [0.25, 0.3) is 0 Å². The van der Waals surface area contributed by atoms with Crippen molar-refractivity contribution in [3.05, 3.63) is 0 Å². The number of amides is 1. The first-order valence-electron chi connectivity index (χ1n) is 4.93. The van der Waals surface area contributed by atoms with E-state index in [1.54, 1.807) is 11.8 Å². The number of halogens is 1. The molecule has 2 saturated heterocycles. The zero-order chi connectivity index (χ0) is 10.1. The molecule has 0 aromatic heterocycles. The van der Waals surface area contributed by atoms with Gasteiger partial charge in [-0.25, -0.2) is 0 Å². The monoisotopic (exact) mass is 218 g/mol. The van der Waals surface area contributed by atoms with Crippen molar-refractivity contribution in [1.82, 2.24) is 10.2 Å². The van der Waals surface area contributed by atoms with Gasteiger partial charge in [0.25, 0.3) is 0 Å². The Kier molecular flexibility index (Phi) is 2.95. The molecule has 2 fully saturated rings. The van der Waals surface area contributed by atoms with Gasteiger partial charge in [0.1, 0.15) is 5.38 Å². The first-order valence-corrected chi connectivity index (χ1v) is 5.37. The van der Waals surface area contributed by atoms with Crippen LogP contribution in [0.1, 0.15) is 6.92 Å². The van der Waals surface area contributed by atoms with E-state index < -0.39 is 5.38 Å². The first-order chi connectivity index (χ1) is 6.66. The van der Waals surface area contributed by atoms with Crippen molar-refractivity contribution < 1.29 is 9.53 Å². The fourth-order valence-electron chi connectivity index (χ4n) is 1.68. The van der Waals surface area contributed by atoms with Gasteiger partial charge in [-0.3, -0.25) is 4.79 Å². The summed E-state index contributed by atoms with van der Waals surface area (Å²) in [6.45, 7) is 4.88. The Morgan fingerprint density at radius 2 is 2.14 bits per heavy atom. The number of carbonyl (C=O) groups is 1. The average molecular weight is 219 g/mol. The standard InChI is InChI=1S/C9H15ClN2O2/c1-6(10)9(13)12-2-7(3-12)11-8-4-14-5-8/h6-8,11H,2-5H2,1H3. The van der Waals surface area contributed by atoms with E-state index in [4.69, 9.17) is 16.3 Å². The first kappa shape index (κ1) is 10.2. The lowest BCUT2D eigenvalue weighted by molar-refractivity contribution is -0.136. The molecule has 0 aliphatic carbocycles. The molecule has 0 bridgehead atoms. The third-order valence-corrected chi connectivity index (χ3v) is 2.83. The number of carbonyl (C=O) groups excluding carboxylic acids is 1. The molecule has 1 amide bonds. The minimum Gasteiger partial charge on any atom is -0.378 e. The molecule has 0 aromatic carbocycles. The Morgan fingerprint density at radius 1 is 1.50 bits per heavy atom. The number of hydrogen-bond donors (Lipinski definition) is 1. The van der Waals surface area contributed by atoms with Crippen LogP contribution in [0, 0.1) is 0 Å². The van der Waals surface area contributed by atoms with E-state index in [0.717, 1.165) is 26.3 Å². The van der Waals surface area contributed by atoms with Gasteiger partial charge in [-0.15, -0.1) is 11.6 Å². The number of nitrogens with one attached hydrogen (secondary N) is 1. The van der Waals surface area contributed by atoms with Gasteiger partial charge >= 0.3 is 0 Å². The summed E-state index contributed by atoms with van der Waals surface area (Å²) < 4.78 is 5.05. The average Bonchev–Trinajstić information content (AvgIpc) is 1.97. The molecular weight excluding hydrogens is 204 g/mol. The fourth-order valence-corrected chi connectivity index (χ4v) is 1.82. The molecular formula is C9H15ClN2O2. The second-order valence-electron chi connectivity index (χ2n) is 3.96. The molecule has 2 aliphatic heterocycles. The molecule has 2 aliphatic rings. The van der Waals surface area contributed by atoms with Crippen LogP contribution in [0.15, 0.2) is 0 Å². The Balaban J connectivity index is 1.66. The molecule has 5 heteroatoms. The van der Waals surface area contributed by atoms with Crippen LogP contribution in [-0.2, 0) is 9.53 Å². The number of rotatable bonds is 3. The summed E-state index contributed by atoms with van der Waals surface area (Å²) in [5.41, 5.74) is 0. The van der Waals surface area contributed by atoms with Crippen molar-refractivity contribution in [2.45, 2.75) is 24.4 Å². The van der Waals surface area contributed by atoms with E-state index in [2.05, 4.69) is 5.32 Å². The SMILES string of the molecule is CC(Cl)C(=O)N1CC(NC2COC2)C1. The maximum Gasteiger partial charge on any atom is 0.240 e. The molecule has 1 unspecified atom stereocenters. The predicted molar refractivity (Wildman–Crippen MR) is 53.4 cm³/mol. The second kappa shape index (κ2) is 4.04. The maximum atomic E-state index is 11.4. The molecule has 0 radical (unpaired) electrons. The van der Waals surface area contributed by atoms with Gasteiger partial charge < -0.3 is 15.0 Å². The molecule has 1 N–H and O–H groups in total. The van der Waals surface area contributed by atoms with E-state index in [-0.39, 0.29) is 5.91 Å². The summed E-state index contributed by atoms with van der Waals surface area (Å²) in [5, 5.41) is 3.01. The summed E-state index contributed by atoms with van der Waals surface area (Å²) in [7, 11) is 0. The number of ether oxygens (including phenoxy) is 1. The van der Waals surface area contributed by atoms with Crippen LogP contribution < -0.4 is 5.32 Å². The zero-order valence-corrected chi connectivity index (χ0v) is 8.96. The minimum atomic E-state index is -0.400. The lowest BCUT2D eigenvalue weighted by Gasteiger charge is -2.43. The smallest absolute Gasteiger partial charge is 0.240 e. The van der Waals surface area contributed by atoms with Crippen molar-refractivity contribution in [2.24, 2.45) is 0 Å². The molecule has 80 valence electrons. The van der Waals surface area contributed by atoms with Gasteiger partial charge in [-0.1, -0.05) is 0 Å². The van der Waals surface area contributed by atoms with E-state index in [1.807, 2.05) is 0 Å². The minimum absolute atomic E-state index is 0.0366. The normalized spacial score (nSPS) is 25.4. The molecule has 1 atom stereocenters. The van der Waals surface area contributed by atoms with E-state index in [0.29, 0.717) is 12.1 Å². The highest BCUT2D eigenvalue weighted by atomic mass is 35.5. The Bertz CT molecular complexity index is 225. The van der Waals surface area contributed by atoms with Crippen LogP contribution in [-0.4, -0.2) is 54.6 Å². The van der Waals surface area contributed by atoms with Crippen LogP contribution in [0.3, 0.4) is 0 Å². The summed E-state index contributed by atoms with van der Waals surface area (Å²) in [6, 6.07) is 0.925. The molecule has 4 nitrogen and oxygen atoms in total. The predicted octanol–water partition coefficient (Wildman–Crippen LogP) is -0.187. The number of hydrogen-bond acceptors (Lipinski definition) is 3. The van der Waals surface area contributed by atoms with Gasteiger partial charge in [0.05, 0.1) is 19.3 Å². The van der Waals surface area contributed by atoms with Crippen molar-refractivity contribution in [3.63, 3.8) is 0 Å². The van der Waals surface area contributed by atoms with Crippen LogP contribution in [0.4, 0.5) is 0 Å². The van der Waals surface area contributed by atoms with Gasteiger partial charge in [-0.2, -0.15) is 0 Å². The van der Waals surface area contributed by atoms with Gasteiger partial charge in [-0.05, 0) is 6.92 Å². The molecule has 2 heterocycles. The van der Waals surface area contributed by atoms with E-state index in [1.165, 1.54) is 0 Å². The summed E-state index contributed by atoms with van der Waals surface area (Å²) >= 11 is 5.70. The van der Waals surface area contributed by atoms with Gasteiger partial charge in [0.2, 0.25) is 5.91 Å². The number of likely N-dealkylation sites (tertiary alicyclic amines) is 1. The summed E-state index contributed by atoms with van der Waals surface area (Å²) in [5.74, 6) is 0.0366. The highest BCUT2D eigenvalue weighted by Crippen LogP contribution is 2.14.